The van der Waals surface area contributed by atoms with Gasteiger partial charge in [-0.1, -0.05) is 18.2 Å². The molecule has 4 rings (SSSR count). The van der Waals surface area contributed by atoms with E-state index < -0.39 is 15.4 Å². The van der Waals surface area contributed by atoms with Crippen molar-refractivity contribution in [3.63, 3.8) is 0 Å². The SMILES string of the molecule is CS(=O)(=O)N1CCC2(CC1)CC(CCN1CCN(c3ccccc3)CC1)OC2=O. The zero-order valence-electron chi connectivity index (χ0n) is 17.1. The molecule has 1 unspecified atom stereocenters. The number of ether oxygens (including phenoxy) is 1. The largest absolute Gasteiger partial charge is 0.462 e. The second-order valence-electron chi connectivity index (χ2n) is 8.63. The number of carbonyl (C=O) groups excluding carboxylic acids is 1. The van der Waals surface area contributed by atoms with Gasteiger partial charge in [0.1, 0.15) is 6.10 Å². The number of piperazine rings is 1. The van der Waals surface area contributed by atoms with E-state index >= 15 is 0 Å². The third kappa shape index (κ3) is 4.59. The number of benzene rings is 1. The van der Waals surface area contributed by atoms with Crippen LogP contribution < -0.4 is 4.90 Å². The highest BCUT2D eigenvalue weighted by Crippen LogP contribution is 2.44. The van der Waals surface area contributed by atoms with E-state index in [0.717, 1.165) is 45.6 Å². The molecule has 8 heteroatoms. The van der Waals surface area contributed by atoms with Crippen molar-refractivity contribution in [3.05, 3.63) is 30.3 Å². The average Bonchev–Trinajstić information content (AvgIpc) is 3.02. The first kappa shape index (κ1) is 20.6. The first-order valence-corrected chi connectivity index (χ1v) is 12.4. The summed E-state index contributed by atoms with van der Waals surface area (Å²) in [6, 6.07) is 10.5. The molecule has 29 heavy (non-hydrogen) atoms. The Bertz CT molecular complexity index is 814. The Morgan fingerprint density at radius 1 is 1.03 bits per heavy atom. The van der Waals surface area contributed by atoms with Gasteiger partial charge in [-0.25, -0.2) is 12.7 Å². The van der Waals surface area contributed by atoms with Gasteiger partial charge in [0, 0.05) is 57.9 Å². The average molecular weight is 422 g/mol. The number of rotatable bonds is 5. The van der Waals surface area contributed by atoms with Crippen LogP contribution in [-0.2, 0) is 19.6 Å². The fraction of sp³-hybridized carbons (Fsp3) is 0.667. The van der Waals surface area contributed by atoms with Crippen LogP contribution in [0.5, 0.6) is 0 Å². The second-order valence-corrected chi connectivity index (χ2v) is 10.6. The molecule has 0 aromatic heterocycles. The lowest BCUT2D eigenvalue weighted by Crippen LogP contribution is -2.47. The smallest absolute Gasteiger partial charge is 0.312 e. The van der Waals surface area contributed by atoms with Crippen molar-refractivity contribution < 1.29 is 17.9 Å². The predicted molar refractivity (Wildman–Crippen MR) is 112 cm³/mol. The Labute approximate surface area is 173 Å². The van der Waals surface area contributed by atoms with Crippen LogP contribution in [0, 0.1) is 5.41 Å². The van der Waals surface area contributed by atoms with Gasteiger partial charge < -0.3 is 9.64 Å². The van der Waals surface area contributed by atoms with Gasteiger partial charge in [-0.05, 0) is 31.4 Å². The molecule has 0 N–H and O–H groups in total. The Hall–Kier alpha value is -1.64. The number of sulfonamides is 1. The van der Waals surface area contributed by atoms with Crippen molar-refractivity contribution in [2.45, 2.75) is 31.8 Å². The normalized spacial score (nSPS) is 26.0. The van der Waals surface area contributed by atoms with E-state index in [1.165, 1.54) is 16.2 Å². The van der Waals surface area contributed by atoms with Gasteiger partial charge in [0.15, 0.2) is 0 Å². The van der Waals surface area contributed by atoms with Crippen LogP contribution >= 0.6 is 0 Å². The maximum Gasteiger partial charge on any atom is 0.312 e. The highest BCUT2D eigenvalue weighted by atomic mass is 32.2. The van der Waals surface area contributed by atoms with E-state index in [2.05, 4.69) is 34.1 Å². The van der Waals surface area contributed by atoms with Gasteiger partial charge in [-0.15, -0.1) is 0 Å². The molecule has 7 nitrogen and oxygen atoms in total. The molecule has 3 aliphatic heterocycles. The number of para-hydroxylation sites is 1. The fourth-order valence-electron chi connectivity index (χ4n) is 4.85. The van der Waals surface area contributed by atoms with Gasteiger partial charge >= 0.3 is 5.97 Å². The van der Waals surface area contributed by atoms with Crippen LogP contribution in [-0.4, -0.2) is 81.8 Å². The highest BCUT2D eigenvalue weighted by Gasteiger charge is 2.51. The summed E-state index contributed by atoms with van der Waals surface area (Å²) in [4.78, 5) is 17.4. The van der Waals surface area contributed by atoms with Crippen molar-refractivity contribution in [1.29, 1.82) is 0 Å². The monoisotopic (exact) mass is 421 g/mol. The summed E-state index contributed by atoms with van der Waals surface area (Å²) in [6.07, 6.45) is 3.93. The number of hydrogen-bond acceptors (Lipinski definition) is 6. The minimum atomic E-state index is -3.18. The fourth-order valence-corrected chi connectivity index (χ4v) is 5.69. The molecule has 160 valence electrons. The Morgan fingerprint density at radius 3 is 2.31 bits per heavy atom. The molecule has 3 fully saturated rings. The molecule has 1 aromatic carbocycles. The van der Waals surface area contributed by atoms with E-state index in [1.54, 1.807) is 0 Å². The number of esters is 1. The molecule has 1 spiro atoms. The number of cyclic esters (lactones) is 1. The van der Waals surface area contributed by atoms with Crippen LogP contribution in [0.2, 0.25) is 0 Å². The third-order valence-electron chi connectivity index (χ3n) is 6.73. The molecule has 0 bridgehead atoms. The summed E-state index contributed by atoms with van der Waals surface area (Å²) in [5.41, 5.74) is 0.803. The number of hydrogen-bond donors (Lipinski definition) is 0. The van der Waals surface area contributed by atoms with Crippen LogP contribution in [0.15, 0.2) is 30.3 Å². The standard InChI is InChI=1S/C21H31N3O4S/c1-29(26,27)24-11-8-21(9-12-24)17-19(28-20(21)25)7-10-22-13-15-23(16-14-22)18-5-3-2-4-6-18/h2-6,19H,7-17H2,1H3. The van der Waals surface area contributed by atoms with Crippen LogP contribution in [0.4, 0.5) is 5.69 Å². The number of nitrogens with zero attached hydrogens (tertiary/aromatic N) is 3. The quantitative estimate of drug-likeness (QED) is 0.672. The lowest BCUT2D eigenvalue weighted by molar-refractivity contribution is -0.150. The molecular formula is C21H31N3O4S. The van der Waals surface area contributed by atoms with Gasteiger partial charge in [0.25, 0.3) is 0 Å². The number of anilines is 1. The lowest BCUT2D eigenvalue weighted by Gasteiger charge is -2.36. The molecule has 3 heterocycles. The molecule has 1 atom stereocenters. The van der Waals surface area contributed by atoms with Gasteiger partial charge in [-0.3, -0.25) is 9.69 Å². The van der Waals surface area contributed by atoms with Crippen molar-refractivity contribution >= 4 is 21.7 Å². The van der Waals surface area contributed by atoms with E-state index in [4.69, 9.17) is 4.74 Å². The molecule has 1 aromatic rings. The molecule has 0 saturated carbocycles. The number of piperidine rings is 1. The van der Waals surface area contributed by atoms with Crippen LogP contribution in [0.3, 0.4) is 0 Å². The maximum absolute atomic E-state index is 12.6. The third-order valence-corrected chi connectivity index (χ3v) is 8.04. The Morgan fingerprint density at radius 2 is 1.69 bits per heavy atom. The molecule has 0 radical (unpaired) electrons. The van der Waals surface area contributed by atoms with Gasteiger partial charge in [-0.2, -0.15) is 0 Å². The summed E-state index contributed by atoms with van der Waals surface area (Å²) in [7, 11) is -3.18. The number of carbonyl (C=O) groups is 1. The summed E-state index contributed by atoms with van der Waals surface area (Å²) < 4.78 is 30.6. The molecular weight excluding hydrogens is 390 g/mol. The van der Waals surface area contributed by atoms with Crippen LogP contribution in [0.1, 0.15) is 25.7 Å². The van der Waals surface area contributed by atoms with Gasteiger partial charge in [0.05, 0.1) is 11.7 Å². The van der Waals surface area contributed by atoms with Crippen molar-refractivity contribution in [2.75, 3.05) is 57.0 Å². The van der Waals surface area contributed by atoms with E-state index in [-0.39, 0.29) is 12.1 Å². The Kier molecular flexibility index (Phi) is 5.86. The lowest BCUT2D eigenvalue weighted by atomic mass is 9.76. The summed E-state index contributed by atoms with van der Waals surface area (Å²) in [6.45, 7) is 5.84. The highest BCUT2D eigenvalue weighted by molar-refractivity contribution is 7.88. The zero-order valence-corrected chi connectivity index (χ0v) is 17.9. The minimum absolute atomic E-state index is 0.0422. The zero-order chi connectivity index (χ0) is 20.5. The van der Waals surface area contributed by atoms with Gasteiger partial charge in [0.2, 0.25) is 10.0 Å². The van der Waals surface area contributed by atoms with E-state index in [1.807, 2.05) is 6.07 Å². The Balaban J connectivity index is 1.23. The molecule has 0 amide bonds. The summed E-state index contributed by atoms with van der Waals surface area (Å²) >= 11 is 0. The van der Waals surface area contributed by atoms with Crippen molar-refractivity contribution in [1.82, 2.24) is 9.21 Å². The van der Waals surface area contributed by atoms with Crippen molar-refractivity contribution in [3.8, 4) is 0 Å². The summed E-state index contributed by atoms with van der Waals surface area (Å²) in [5.74, 6) is -0.121. The topological polar surface area (TPSA) is 70.2 Å². The first-order chi connectivity index (χ1) is 13.9. The maximum atomic E-state index is 12.6. The molecule has 0 aliphatic carbocycles. The van der Waals surface area contributed by atoms with E-state index in [9.17, 15) is 13.2 Å². The van der Waals surface area contributed by atoms with E-state index in [0.29, 0.717) is 25.9 Å². The molecule has 3 aliphatic rings. The summed E-state index contributed by atoms with van der Waals surface area (Å²) in [5, 5.41) is 0. The second kappa shape index (κ2) is 8.24. The predicted octanol–water partition coefficient (Wildman–Crippen LogP) is 1.56. The first-order valence-electron chi connectivity index (χ1n) is 10.5. The minimum Gasteiger partial charge on any atom is -0.462 e. The van der Waals surface area contributed by atoms with Crippen molar-refractivity contribution in [2.24, 2.45) is 5.41 Å². The molecule has 3 saturated heterocycles. The van der Waals surface area contributed by atoms with Crippen LogP contribution in [0.25, 0.3) is 0 Å².